The quantitative estimate of drug-likeness (QED) is 0.214. The van der Waals surface area contributed by atoms with E-state index in [1.807, 2.05) is 42.5 Å². The van der Waals surface area contributed by atoms with Crippen molar-refractivity contribution in [3.8, 4) is 11.5 Å². The normalized spacial score (nSPS) is 14.3. The summed E-state index contributed by atoms with van der Waals surface area (Å²) in [6.45, 7) is 3.54. The largest absolute Gasteiger partial charge is 0.493 e. The zero-order valence-electron chi connectivity index (χ0n) is 18.1. The van der Waals surface area contributed by atoms with E-state index in [2.05, 4.69) is 15.6 Å². The van der Waals surface area contributed by atoms with Crippen LogP contribution in [0.4, 0.5) is 0 Å². The number of aryl methyl sites for hydroxylation is 3. The van der Waals surface area contributed by atoms with E-state index in [-0.39, 0.29) is 30.1 Å². The molecule has 2 N–H and O–H groups in total. The molecule has 1 aliphatic rings. The molecular formula is C22H33IN4O2S. The van der Waals surface area contributed by atoms with Crippen molar-refractivity contribution in [1.29, 1.82) is 0 Å². The number of hydrogen-bond donors (Lipinski definition) is 2. The molecule has 8 heteroatoms. The first-order valence-corrected chi connectivity index (χ1v) is 11.2. The number of thiazole rings is 1. The molecule has 1 aromatic heterocycles. The second-order valence-corrected chi connectivity index (χ2v) is 8.42. The third-order valence-electron chi connectivity index (χ3n) is 4.93. The van der Waals surface area contributed by atoms with Gasteiger partial charge in [-0.3, -0.25) is 4.99 Å². The lowest BCUT2D eigenvalue weighted by molar-refractivity contribution is 0.213. The molecule has 2 aromatic rings. The number of halogens is 1. The predicted octanol–water partition coefficient (Wildman–Crippen LogP) is 4.21. The lowest BCUT2D eigenvalue weighted by atomic mass is 10.0. The highest BCUT2D eigenvalue weighted by Crippen LogP contribution is 2.27. The standard InChI is InChI=1S/C22H32N4O2S.HI/c1-16(28-19-11-6-5-10-18(19)27-3)15-25-22(23-2)24-14-8-13-21-26-17-9-4-7-12-20(17)29-21;/h5-6,10-11,16H,4,7-9,12-15H2,1-3H3,(H2,23,24,25);1H. The van der Waals surface area contributed by atoms with Crippen molar-refractivity contribution in [2.24, 2.45) is 4.99 Å². The molecule has 0 spiro atoms. The fourth-order valence-electron chi connectivity index (χ4n) is 3.39. The van der Waals surface area contributed by atoms with E-state index >= 15 is 0 Å². The van der Waals surface area contributed by atoms with Gasteiger partial charge in [0.05, 0.1) is 24.4 Å². The average Bonchev–Trinajstić information content (AvgIpc) is 3.16. The van der Waals surface area contributed by atoms with Gasteiger partial charge in [-0.2, -0.15) is 0 Å². The van der Waals surface area contributed by atoms with Gasteiger partial charge in [-0.15, -0.1) is 35.3 Å². The van der Waals surface area contributed by atoms with Gasteiger partial charge in [-0.05, 0) is 51.2 Å². The molecule has 3 rings (SSSR count). The molecule has 6 nitrogen and oxygen atoms in total. The monoisotopic (exact) mass is 544 g/mol. The Morgan fingerprint density at radius 2 is 1.97 bits per heavy atom. The van der Waals surface area contributed by atoms with Crippen LogP contribution in [0, 0.1) is 0 Å². The van der Waals surface area contributed by atoms with Crippen LogP contribution in [0.2, 0.25) is 0 Å². The third kappa shape index (κ3) is 7.30. The Bertz CT molecular complexity index is 789. The first-order chi connectivity index (χ1) is 14.2. The Labute approximate surface area is 200 Å². The minimum absolute atomic E-state index is 0. The number of guanidine groups is 1. The predicted molar refractivity (Wildman–Crippen MR) is 135 cm³/mol. The summed E-state index contributed by atoms with van der Waals surface area (Å²) in [4.78, 5) is 10.6. The second-order valence-electron chi connectivity index (χ2n) is 7.25. The van der Waals surface area contributed by atoms with Crippen molar-refractivity contribution in [2.45, 2.75) is 51.6 Å². The Balaban J connectivity index is 0.00000320. The SMILES string of the molecule is CN=C(NCCCc1nc2c(s1)CCCC2)NCC(C)Oc1ccccc1OC.I. The molecule has 0 saturated heterocycles. The number of nitrogens with zero attached hydrogens (tertiary/aromatic N) is 2. The molecule has 0 amide bonds. The number of fused-ring (bicyclic) bond motifs is 1. The Morgan fingerprint density at radius 1 is 1.20 bits per heavy atom. The zero-order chi connectivity index (χ0) is 20.5. The fraction of sp³-hybridized carbons (Fsp3) is 0.545. The summed E-state index contributed by atoms with van der Waals surface area (Å²) in [6, 6.07) is 7.69. The molecule has 166 valence electrons. The maximum absolute atomic E-state index is 5.98. The molecule has 1 atom stereocenters. The molecule has 1 unspecified atom stereocenters. The maximum atomic E-state index is 5.98. The minimum atomic E-state index is -0.0218. The van der Waals surface area contributed by atoms with Gasteiger partial charge in [-0.25, -0.2) is 4.98 Å². The molecule has 0 saturated carbocycles. The molecule has 1 heterocycles. The number of para-hydroxylation sites is 2. The summed E-state index contributed by atoms with van der Waals surface area (Å²) in [5, 5.41) is 7.98. The number of methoxy groups -OCH3 is 1. The maximum Gasteiger partial charge on any atom is 0.191 e. The second kappa shape index (κ2) is 13.0. The van der Waals surface area contributed by atoms with Gasteiger partial charge in [-0.1, -0.05) is 12.1 Å². The van der Waals surface area contributed by atoms with Gasteiger partial charge in [0.2, 0.25) is 0 Å². The highest BCUT2D eigenvalue weighted by molar-refractivity contribution is 14.0. The van der Waals surface area contributed by atoms with Crippen LogP contribution in [0.5, 0.6) is 11.5 Å². The number of ether oxygens (including phenoxy) is 2. The van der Waals surface area contributed by atoms with Crippen LogP contribution in [-0.4, -0.2) is 44.3 Å². The smallest absolute Gasteiger partial charge is 0.191 e. The van der Waals surface area contributed by atoms with Gasteiger partial charge < -0.3 is 20.1 Å². The minimum Gasteiger partial charge on any atom is -0.493 e. The zero-order valence-corrected chi connectivity index (χ0v) is 21.2. The number of hydrogen-bond acceptors (Lipinski definition) is 5. The number of rotatable bonds is 9. The lowest BCUT2D eigenvalue weighted by Gasteiger charge is -2.19. The van der Waals surface area contributed by atoms with Gasteiger partial charge in [0.25, 0.3) is 0 Å². The number of aliphatic imine (C=N–C) groups is 1. The van der Waals surface area contributed by atoms with Gasteiger partial charge >= 0.3 is 0 Å². The highest BCUT2D eigenvalue weighted by atomic mass is 127. The van der Waals surface area contributed by atoms with Gasteiger partial charge in [0.15, 0.2) is 17.5 Å². The van der Waals surface area contributed by atoms with E-state index in [0.717, 1.165) is 43.3 Å². The highest BCUT2D eigenvalue weighted by Gasteiger charge is 2.14. The van der Waals surface area contributed by atoms with Gasteiger partial charge in [0, 0.05) is 24.9 Å². The van der Waals surface area contributed by atoms with Crippen LogP contribution in [0.3, 0.4) is 0 Å². The topological polar surface area (TPSA) is 67.8 Å². The molecule has 30 heavy (non-hydrogen) atoms. The van der Waals surface area contributed by atoms with E-state index in [1.165, 1.54) is 34.8 Å². The van der Waals surface area contributed by atoms with Crippen LogP contribution < -0.4 is 20.1 Å². The van der Waals surface area contributed by atoms with Crippen LogP contribution in [0.15, 0.2) is 29.3 Å². The van der Waals surface area contributed by atoms with E-state index < -0.39 is 0 Å². The van der Waals surface area contributed by atoms with E-state index in [1.54, 1.807) is 14.2 Å². The van der Waals surface area contributed by atoms with Crippen molar-refractivity contribution < 1.29 is 9.47 Å². The van der Waals surface area contributed by atoms with Crippen molar-refractivity contribution in [1.82, 2.24) is 15.6 Å². The van der Waals surface area contributed by atoms with Crippen molar-refractivity contribution in [3.63, 3.8) is 0 Å². The number of nitrogens with one attached hydrogen (secondary N) is 2. The van der Waals surface area contributed by atoms with Crippen LogP contribution in [0.1, 0.15) is 41.8 Å². The summed E-state index contributed by atoms with van der Waals surface area (Å²) >= 11 is 1.91. The Kier molecular flexibility index (Phi) is 10.7. The third-order valence-corrected chi connectivity index (χ3v) is 6.14. The van der Waals surface area contributed by atoms with E-state index in [4.69, 9.17) is 14.5 Å². The summed E-state index contributed by atoms with van der Waals surface area (Å²) in [7, 11) is 3.44. The first kappa shape index (κ1) is 24.7. The summed E-state index contributed by atoms with van der Waals surface area (Å²) < 4.78 is 11.3. The van der Waals surface area contributed by atoms with Crippen LogP contribution >= 0.6 is 35.3 Å². The number of aromatic nitrogens is 1. The molecule has 1 aliphatic carbocycles. The Morgan fingerprint density at radius 3 is 2.70 bits per heavy atom. The lowest BCUT2D eigenvalue weighted by Crippen LogP contribution is -2.42. The molecule has 0 aliphatic heterocycles. The summed E-state index contributed by atoms with van der Waals surface area (Å²) in [6.07, 6.45) is 7.03. The Hall–Kier alpha value is -1.55. The van der Waals surface area contributed by atoms with Crippen molar-refractivity contribution in [3.05, 3.63) is 39.8 Å². The van der Waals surface area contributed by atoms with Crippen molar-refractivity contribution in [2.75, 3.05) is 27.2 Å². The van der Waals surface area contributed by atoms with Crippen LogP contribution in [-0.2, 0) is 19.3 Å². The van der Waals surface area contributed by atoms with Crippen molar-refractivity contribution >= 4 is 41.3 Å². The van der Waals surface area contributed by atoms with Gasteiger partial charge in [0.1, 0.15) is 6.10 Å². The van der Waals surface area contributed by atoms with Crippen LogP contribution in [0.25, 0.3) is 0 Å². The van der Waals surface area contributed by atoms with E-state index in [0.29, 0.717) is 6.54 Å². The summed E-state index contributed by atoms with van der Waals surface area (Å²) in [5.74, 6) is 2.28. The number of benzene rings is 1. The fourth-order valence-corrected chi connectivity index (χ4v) is 4.59. The molecule has 0 fully saturated rings. The summed E-state index contributed by atoms with van der Waals surface area (Å²) in [5.41, 5.74) is 1.35. The molecular weight excluding hydrogens is 511 g/mol. The molecule has 1 aromatic carbocycles. The average molecular weight is 545 g/mol. The molecule has 0 bridgehead atoms. The first-order valence-electron chi connectivity index (χ1n) is 10.4. The molecule has 0 radical (unpaired) electrons. The van der Waals surface area contributed by atoms with E-state index in [9.17, 15) is 0 Å².